The van der Waals surface area contributed by atoms with E-state index < -0.39 is 12.6 Å². The molecule has 1 heterocycles. The molecule has 5 nitrogen and oxygen atoms in total. The molecule has 1 atom stereocenters. The van der Waals surface area contributed by atoms with E-state index in [1.165, 1.54) is 5.56 Å². The summed E-state index contributed by atoms with van der Waals surface area (Å²) >= 11 is 0. The van der Waals surface area contributed by atoms with Crippen LogP contribution in [0.25, 0.3) is 0 Å². The van der Waals surface area contributed by atoms with E-state index in [-0.39, 0.29) is 36.6 Å². The Bertz CT molecular complexity index is 613. The number of rotatable bonds is 7. The average molecular weight is 514 g/mol. The molecule has 2 N–H and O–H groups in total. The molecular formula is C19H30F3IN4O. The minimum absolute atomic E-state index is 0. The number of hydrogen-bond donors (Lipinski definition) is 2. The van der Waals surface area contributed by atoms with Crippen LogP contribution in [0.3, 0.4) is 0 Å². The van der Waals surface area contributed by atoms with E-state index in [2.05, 4.69) is 39.6 Å². The zero-order chi connectivity index (χ0) is 19.7. The Hall–Kier alpha value is -1.07. The first-order valence-corrected chi connectivity index (χ1v) is 9.36. The second-order valence-electron chi connectivity index (χ2n) is 6.72. The molecule has 0 bridgehead atoms. The van der Waals surface area contributed by atoms with Crippen molar-refractivity contribution in [2.75, 3.05) is 32.8 Å². The lowest BCUT2D eigenvalue weighted by Gasteiger charge is -2.31. The van der Waals surface area contributed by atoms with Gasteiger partial charge in [0.05, 0.1) is 25.7 Å². The van der Waals surface area contributed by atoms with Gasteiger partial charge in [0.1, 0.15) is 0 Å². The highest BCUT2D eigenvalue weighted by atomic mass is 127. The van der Waals surface area contributed by atoms with Gasteiger partial charge in [0.2, 0.25) is 0 Å². The van der Waals surface area contributed by atoms with Crippen molar-refractivity contribution in [3.63, 3.8) is 0 Å². The first-order chi connectivity index (χ1) is 12.9. The second-order valence-corrected chi connectivity index (χ2v) is 6.72. The van der Waals surface area contributed by atoms with Crippen LogP contribution in [0.2, 0.25) is 0 Å². The number of ether oxygens (including phenoxy) is 1. The third-order valence-electron chi connectivity index (χ3n) is 4.19. The number of halogens is 4. The summed E-state index contributed by atoms with van der Waals surface area (Å²) in [4.78, 5) is 6.76. The van der Waals surface area contributed by atoms with E-state index in [0.717, 1.165) is 31.8 Å². The molecule has 1 aliphatic heterocycles. The predicted molar refractivity (Wildman–Crippen MR) is 116 cm³/mol. The summed E-state index contributed by atoms with van der Waals surface area (Å²) in [5.41, 5.74) is 2.23. The Balaban J connectivity index is 0.00000392. The minimum Gasteiger partial charge on any atom is -0.376 e. The van der Waals surface area contributed by atoms with Gasteiger partial charge >= 0.3 is 6.18 Å². The van der Waals surface area contributed by atoms with Crippen LogP contribution in [-0.2, 0) is 17.8 Å². The zero-order valence-electron chi connectivity index (χ0n) is 16.4. The highest BCUT2D eigenvalue weighted by Gasteiger charge is 2.26. The smallest absolute Gasteiger partial charge is 0.376 e. The largest absolute Gasteiger partial charge is 0.390 e. The third-order valence-corrected chi connectivity index (χ3v) is 4.19. The van der Waals surface area contributed by atoms with Crippen molar-refractivity contribution in [3.8, 4) is 0 Å². The fourth-order valence-electron chi connectivity index (χ4n) is 2.95. The summed E-state index contributed by atoms with van der Waals surface area (Å²) in [6.45, 7) is 8.20. The normalized spacial score (nSPS) is 18.5. The lowest BCUT2D eigenvalue weighted by Crippen LogP contribution is -2.40. The quantitative estimate of drug-likeness (QED) is 0.332. The summed E-state index contributed by atoms with van der Waals surface area (Å²) in [7, 11) is 0. The van der Waals surface area contributed by atoms with Crippen molar-refractivity contribution < 1.29 is 17.9 Å². The van der Waals surface area contributed by atoms with Gasteiger partial charge in [-0.05, 0) is 25.0 Å². The van der Waals surface area contributed by atoms with Gasteiger partial charge in [0.25, 0.3) is 0 Å². The van der Waals surface area contributed by atoms with Crippen LogP contribution in [0.4, 0.5) is 13.2 Å². The van der Waals surface area contributed by atoms with E-state index in [4.69, 9.17) is 4.74 Å². The third kappa shape index (κ3) is 9.92. The Labute approximate surface area is 182 Å². The van der Waals surface area contributed by atoms with Crippen LogP contribution in [0, 0.1) is 0 Å². The maximum Gasteiger partial charge on any atom is 0.390 e. The van der Waals surface area contributed by atoms with Gasteiger partial charge in [-0.1, -0.05) is 24.3 Å². The maximum absolute atomic E-state index is 12.3. The molecular weight excluding hydrogens is 484 g/mol. The number of nitrogens with zero attached hydrogens (tertiary/aromatic N) is 2. The monoisotopic (exact) mass is 514 g/mol. The summed E-state index contributed by atoms with van der Waals surface area (Å²) in [5, 5.41) is 5.70. The molecule has 0 aliphatic carbocycles. The van der Waals surface area contributed by atoms with Crippen LogP contribution < -0.4 is 10.6 Å². The molecule has 160 valence electrons. The molecule has 9 heteroatoms. The van der Waals surface area contributed by atoms with Crippen LogP contribution in [-0.4, -0.2) is 55.9 Å². The van der Waals surface area contributed by atoms with Crippen molar-refractivity contribution in [1.29, 1.82) is 0 Å². The first kappa shape index (κ1) is 25.0. The van der Waals surface area contributed by atoms with Crippen LogP contribution in [0.15, 0.2) is 29.3 Å². The Morgan fingerprint density at radius 2 is 2.04 bits per heavy atom. The Kier molecular flexibility index (Phi) is 11.1. The van der Waals surface area contributed by atoms with E-state index in [1.54, 1.807) is 0 Å². The summed E-state index contributed by atoms with van der Waals surface area (Å²) < 4.78 is 42.4. The fraction of sp³-hybridized carbons (Fsp3) is 0.632. The molecule has 0 radical (unpaired) electrons. The Morgan fingerprint density at radius 1 is 1.29 bits per heavy atom. The number of nitrogens with one attached hydrogen (secondary N) is 2. The number of alkyl halides is 3. The molecule has 1 fully saturated rings. The van der Waals surface area contributed by atoms with E-state index in [1.807, 2.05) is 19.1 Å². The maximum atomic E-state index is 12.3. The topological polar surface area (TPSA) is 48.9 Å². The number of hydrogen-bond acceptors (Lipinski definition) is 3. The minimum atomic E-state index is -4.17. The van der Waals surface area contributed by atoms with Crippen molar-refractivity contribution in [1.82, 2.24) is 15.5 Å². The van der Waals surface area contributed by atoms with Gasteiger partial charge in [-0.3, -0.25) is 4.90 Å². The molecule has 1 aliphatic rings. The zero-order valence-corrected chi connectivity index (χ0v) is 18.7. The molecule has 28 heavy (non-hydrogen) atoms. The van der Waals surface area contributed by atoms with Crippen molar-refractivity contribution in [2.45, 2.75) is 45.6 Å². The fourth-order valence-corrected chi connectivity index (χ4v) is 2.95. The van der Waals surface area contributed by atoms with Gasteiger partial charge in [-0.15, -0.1) is 24.0 Å². The molecule has 0 aromatic heterocycles. The first-order valence-electron chi connectivity index (χ1n) is 9.36. The second kappa shape index (κ2) is 12.5. The summed E-state index contributed by atoms with van der Waals surface area (Å²) in [5.74, 6) is 0.397. The molecule has 1 aromatic carbocycles. The number of aliphatic imine (C=N–C) groups is 1. The average Bonchev–Trinajstić information content (AvgIpc) is 2.59. The summed E-state index contributed by atoms with van der Waals surface area (Å²) in [6, 6.07) is 8.16. The SMILES string of the molecule is CCNC(=NCc1cccc(CN2CCOC(C)C2)c1)NCCC(F)(F)F.I. The van der Waals surface area contributed by atoms with Crippen molar-refractivity contribution in [3.05, 3.63) is 35.4 Å². The van der Waals surface area contributed by atoms with Gasteiger partial charge < -0.3 is 15.4 Å². The van der Waals surface area contributed by atoms with E-state index in [9.17, 15) is 13.2 Å². The summed E-state index contributed by atoms with van der Waals surface area (Å²) in [6.07, 6.45) is -4.81. The molecule has 0 saturated carbocycles. The highest BCUT2D eigenvalue weighted by Crippen LogP contribution is 2.18. The van der Waals surface area contributed by atoms with Gasteiger partial charge in [0, 0.05) is 32.7 Å². The molecule has 0 spiro atoms. The standard InChI is InChI=1S/C19H29F3N4O.HI/c1-3-23-18(24-8-7-19(20,21)22)25-12-16-5-4-6-17(11-16)14-26-9-10-27-15(2)13-26;/h4-6,11,15H,3,7-10,12-14H2,1-2H3,(H2,23,24,25);1H. The van der Waals surface area contributed by atoms with Gasteiger partial charge in [0.15, 0.2) is 5.96 Å². The molecule has 1 aromatic rings. The van der Waals surface area contributed by atoms with Crippen molar-refractivity contribution >= 4 is 29.9 Å². The predicted octanol–water partition coefficient (Wildman–Crippen LogP) is 3.53. The molecule has 1 saturated heterocycles. The highest BCUT2D eigenvalue weighted by molar-refractivity contribution is 14.0. The molecule has 2 rings (SSSR count). The van der Waals surface area contributed by atoms with Crippen LogP contribution in [0.1, 0.15) is 31.4 Å². The molecule has 0 amide bonds. The van der Waals surface area contributed by atoms with E-state index in [0.29, 0.717) is 19.0 Å². The van der Waals surface area contributed by atoms with E-state index >= 15 is 0 Å². The van der Waals surface area contributed by atoms with Gasteiger partial charge in [-0.25, -0.2) is 4.99 Å². The Morgan fingerprint density at radius 3 is 2.71 bits per heavy atom. The number of guanidine groups is 1. The lowest BCUT2D eigenvalue weighted by molar-refractivity contribution is -0.132. The van der Waals surface area contributed by atoms with Crippen molar-refractivity contribution in [2.24, 2.45) is 4.99 Å². The number of morpholine rings is 1. The van der Waals surface area contributed by atoms with Gasteiger partial charge in [-0.2, -0.15) is 13.2 Å². The number of benzene rings is 1. The van der Waals surface area contributed by atoms with Crippen LogP contribution >= 0.6 is 24.0 Å². The molecule has 1 unspecified atom stereocenters. The van der Waals surface area contributed by atoms with Crippen LogP contribution in [0.5, 0.6) is 0 Å². The lowest BCUT2D eigenvalue weighted by atomic mass is 10.1.